The van der Waals surface area contributed by atoms with Crippen LogP contribution >= 0.6 is 0 Å². The van der Waals surface area contributed by atoms with E-state index in [1.165, 1.54) is 0 Å². The van der Waals surface area contributed by atoms with E-state index in [1.807, 2.05) is 0 Å². The molecular weight excluding hydrogens is 276 g/mol. The zero-order valence-electron chi connectivity index (χ0n) is 10.5. The van der Waals surface area contributed by atoms with Crippen molar-refractivity contribution >= 4 is 15.9 Å². The highest BCUT2D eigenvalue weighted by atomic mass is 32.2. The molecule has 1 aliphatic carbocycles. The molecule has 1 aromatic carbocycles. The highest BCUT2D eigenvalue weighted by molar-refractivity contribution is 7.88. The topological polar surface area (TPSA) is 60.4 Å². The predicted octanol–water partition coefficient (Wildman–Crippen LogP) is 2.22. The van der Waals surface area contributed by atoms with Crippen LogP contribution < -0.4 is 0 Å². The largest absolute Gasteiger partial charge is 0.386 e. The van der Waals surface area contributed by atoms with Gasteiger partial charge in [0.1, 0.15) is 5.76 Å². The van der Waals surface area contributed by atoms with E-state index in [2.05, 4.69) is 0 Å². The lowest BCUT2D eigenvalue weighted by atomic mass is 9.95. The lowest BCUT2D eigenvalue weighted by Crippen LogP contribution is -2.31. The summed E-state index contributed by atoms with van der Waals surface area (Å²) in [6.07, 6.45) is 8.46. The minimum absolute atomic E-state index is 0.296. The third-order valence-electron chi connectivity index (χ3n) is 3.30. The van der Waals surface area contributed by atoms with Crippen LogP contribution in [0.2, 0.25) is 0 Å². The third kappa shape index (κ3) is 2.10. The maximum Gasteiger partial charge on any atom is 0.320 e. The molecule has 0 amide bonds. The van der Waals surface area contributed by atoms with Gasteiger partial charge in [-0.15, -0.1) is 0 Å². The number of ketones is 1. The quantitative estimate of drug-likeness (QED) is 0.618. The van der Waals surface area contributed by atoms with Crippen LogP contribution in [0.1, 0.15) is 10.4 Å². The number of benzene rings is 1. The molecule has 0 saturated carbocycles. The fourth-order valence-corrected chi connectivity index (χ4v) is 3.88. The van der Waals surface area contributed by atoms with Gasteiger partial charge in [-0.25, -0.2) is 0 Å². The van der Waals surface area contributed by atoms with Crippen molar-refractivity contribution in [3.8, 4) is 0 Å². The number of carbonyl (C=O) groups is 1. The molecule has 4 nitrogen and oxygen atoms in total. The number of Topliss-reactive ketones (excluding diaryl/α,β-unsaturated/α-hetero) is 1. The van der Waals surface area contributed by atoms with E-state index in [4.69, 9.17) is 4.18 Å². The summed E-state index contributed by atoms with van der Waals surface area (Å²) in [5.74, 6) is -0.711. The Balaban J connectivity index is 2.06. The van der Waals surface area contributed by atoms with E-state index in [-0.39, 0.29) is 0 Å². The van der Waals surface area contributed by atoms with E-state index in [9.17, 15) is 13.2 Å². The van der Waals surface area contributed by atoms with Gasteiger partial charge in [-0.2, -0.15) is 8.42 Å². The molecule has 20 heavy (non-hydrogen) atoms. The van der Waals surface area contributed by atoms with E-state index in [1.54, 1.807) is 60.7 Å². The lowest BCUT2D eigenvalue weighted by molar-refractivity contribution is 0.0980. The van der Waals surface area contributed by atoms with Crippen LogP contribution in [-0.4, -0.2) is 19.5 Å². The van der Waals surface area contributed by atoms with Crippen LogP contribution in [0.25, 0.3) is 0 Å². The molecule has 1 aliphatic heterocycles. The molecule has 2 atom stereocenters. The second kappa shape index (κ2) is 4.76. The van der Waals surface area contributed by atoms with Gasteiger partial charge in [-0.1, -0.05) is 54.6 Å². The van der Waals surface area contributed by atoms with E-state index in [0.717, 1.165) is 0 Å². The van der Waals surface area contributed by atoms with E-state index >= 15 is 0 Å². The van der Waals surface area contributed by atoms with Crippen LogP contribution in [0.3, 0.4) is 0 Å². The van der Waals surface area contributed by atoms with Crippen molar-refractivity contribution in [3.05, 3.63) is 72.0 Å². The highest BCUT2D eigenvalue weighted by Gasteiger charge is 2.49. The predicted molar refractivity (Wildman–Crippen MR) is 74.4 cm³/mol. The van der Waals surface area contributed by atoms with Crippen molar-refractivity contribution in [2.75, 3.05) is 0 Å². The summed E-state index contributed by atoms with van der Waals surface area (Å²) in [7, 11) is -3.94. The SMILES string of the molecule is O=C(c1ccccc1)C1C2C=CC=CC=C2OS1(=O)=O. The van der Waals surface area contributed by atoms with Crippen molar-refractivity contribution in [3.63, 3.8) is 0 Å². The molecule has 0 spiro atoms. The van der Waals surface area contributed by atoms with Crippen molar-refractivity contribution in [2.24, 2.45) is 5.92 Å². The first-order chi connectivity index (χ1) is 9.59. The van der Waals surface area contributed by atoms with Gasteiger partial charge in [-0.3, -0.25) is 4.79 Å². The molecule has 1 saturated heterocycles. The maximum absolute atomic E-state index is 12.5. The zero-order chi connectivity index (χ0) is 14.2. The van der Waals surface area contributed by atoms with Gasteiger partial charge in [-0.05, 0) is 6.08 Å². The van der Waals surface area contributed by atoms with Gasteiger partial charge < -0.3 is 4.18 Å². The Kier molecular flexibility index (Phi) is 3.06. The minimum Gasteiger partial charge on any atom is -0.386 e. The molecule has 0 aromatic heterocycles. The van der Waals surface area contributed by atoms with Gasteiger partial charge in [0.25, 0.3) is 0 Å². The normalized spacial score (nSPS) is 26.3. The molecule has 0 bridgehead atoms. The monoisotopic (exact) mass is 288 g/mol. The van der Waals surface area contributed by atoms with Crippen molar-refractivity contribution in [1.29, 1.82) is 0 Å². The molecule has 1 heterocycles. The number of hydrogen-bond acceptors (Lipinski definition) is 4. The number of rotatable bonds is 2. The molecular formula is C15H12O4S. The fraction of sp³-hybridized carbons (Fsp3) is 0.133. The summed E-state index contributed by atoms with van der Waals surface area (Å²) in [6, 6.07) is 8.40. The van der Waals surface area contributed by atoms with E-state index < -0.39 is 27.1 Å². The Morgan fingerprint density at radius 1 is 1.05 bits per heavy atom. The summed E-state index contributed by atoms with van der Waals surface area (Å²) in [5.41, 5.74) is 0.372. The smallest absolute Gasteiger partial charge is 0.320 e. The number of allylic oxidation sites excluding steroid dienone is 5. The number of carbonyl (C=O) groups excluding carboxylic acids is 1. The Labute approximate surface area is 117 Å². The Bertz CT molecular complexity index is 726. The first kappa shape index (κ1) is 12.9. The second-order valence-corrected chi connectivity index (χ2v) is 6.25. The van der Waals surface area contributed by atoms with Crippen LogP contribution in [0, 0.1) is 5.92 Å². The average Bonchev–Trinajstić information content (AvgIpc) is 2.57. The van der Waals surface area contributed by atoms with Crippen LogP contribution in [-0.2, 0) is 14.3 Å². The Morgan fingerprint density at radius 2 is 1.80 bits per heavy atom. The van der Waals surface area contributed by atoms with Crippen molar-refractivity contribution in [1.82, 2.24) is 0 Å². The average molecular weight is 288 g/mol. The summed E-state index contributed by atoms with van der Waals surface area (Å²) in [4.78, 5) is 12.5. The van der Waals surface area contributed by atoms with E-state index in [0.29, 0.717) is 11.3 Å². The molecule has 3 rings (SSSR count). The second-order valence-electron chi connectivity index (χ2n) is 4.59. The van der Waals surface area contributed by atoms with Gasteiger partial charge in [0.15, 0.2) is 11.0 Å². The van der Waals surface area contributed by atoms with Gasteiger partial charge in [0, 0.05) is 5.56 Å². The Morgan fingerprint density at radius 3 is 2.55 bits per heavy atom. The van der Waals surface area contributed by atoms with Crippen LogP contribution in [0.5, 0.6) is 0 Å². The fourth-order valence-electron chi connectivity index (χ4n) is 2.36. The molecule has 0 radical (unpaired) electrons. The standard InChI is InChI=1S/C15H12O4S/c16-14(11-7-3-1-4-8-11)15-12-9-5-2-6-10-13(12)19-20(15,17)18/h1-10,12,15H. The highest BCUT2D eigenvalue weighted by Crippen LogP contribution is 2.37. The molecule has 5 heteroatoms. The van der Waals surface area contributed by atoms with Crippen LogP contribution in [0.15, 0.2) is 66.5 Å². The van der Waals surface area contributed by atoms with Gasteiger partial charge >= 0.3 is 10.1 Å². The first-order valence-corrected chi connectivity index (χ1v) is 7.64. The molecule has 1 fully saturated rings. The number of hydrogen-bond donors (Lipinski definition) is 0. The molecule has 2 aliphatic rings. The van der Waals surface area contributed by atoms with Crippen molar-refractivity contribution < 1.29 is 17.4 Å². The molecule has 102 valence electrons. The molecule has 1 aromatic rings. The maximum atomic E-state index is 12.5. The summed E-state index contributed by atoms with van der Waals surface area (Å²) in [6.45, 7) is 0. The summed E-state index contributed by atoms with van der Waals surface area (Å²) in [5, 5.41) is -1.22. The zero-order valence-corrected chi connectivity index (χ0v) is 11.3. The lowest BCUT2D eigenvalue weighted by Gasteiger charge is -2.10. The Hall–Kier alpha value is -2.14. The first-order valence-electron chi connectivity index (χ1n) is 6.17. The molecule has 0 N–H and O–H groups in total. The van der Waals surface area contributed by atoms with Crippen LogP contribution in [0.4, 0.5) is 0 Å². The third-order valence-corrected chi connectivity index (χ3v) is 4.85. The number of fused-ring (bicyclic) bond motifs is 1. The summed E-state index contributed by atoms with van der Waals surface area (Å²) >= 11 is 0. The molecule has 2 unspecified atom stereocenters. The minimum atomic E-state index is -3.94. The van der Waals surface area contributed by atoms with Crippen molar-refractivity contribution in [2.45, 2.75) is 5.25 Å². The van der Waals surface area contributed by atoms with Gasteiger partial charge in [0.2, 0.25) is 0 Å². The van der Waals surface area contributed by atoms with Gasteiger partial charge in [0.05, 0.1) is 5.92 Å². The summed E-state index contributed by atoms with van der Waals surface area (Å²) < 4.78 is 29.2.